The standard InChI is InChI=1S/C22H29FN4O3/c23-18-2-4-20(5-3-18)29-15-21-14-27(22(28)16-30-21)19-6-11-25(12-7-19)9-1-10-26-13-8-24-17-26/h2-5,8,13,17,19,21H,1,6-7,9-12,14-16H2. The van der Waals surface area contributed by atoms with Crippen molar-refractivity contribution in [3.63, 3.8) is 0 Å². The molecule has 162 valence electrons. The molecule has 1 amide bonds. The number of rotatable bonds is 8. The molecule has 1 unspecified atom stereocenters. The number of piperidine rings is 1. The Hall–Kier alpha value is -2.45. The Kier molecular flexibility index (Phi) is 6.96. The third-order valence-corrected chi connectivity index (χ3v) is 5.86. The van der Waals surface area contributed by atoms with E-state index in [1.165, 1.54) is 12.1 Å². The molecule has 2 aliphatic rings. The van der Waals surface area contributed by atoms with Crippen molar-refractivity contribution in [3.05, 3.63) is 48.8 Å². The van der Waals surface area contributed by atoms with Crippen LogP contribution in [0.5, 0.6) is 5.75 Å². The Morgan fingerprint density at radius 1 is 1.17 bits per heavy atom. The quantitative estimate of drug-likeness (QED) is 0.660. The van der Waals surface area contributed by atoms with Crippen molar-refractivity contribution >= 4 is 5.91 Å². The highest BCUT2D eigenvalue weighted by Crippen LogP contribution is 2.21. The molecule has 1 atom stereocenters. The molecule has 2 aromatic rings. The zero-order chi connectivity index (χ0) is 20.8. The molecule has 2 fully saturated rings. The number of likely N-dealkylation sites (tertiary alicyclic amines) is 1. The summed E-state index contributed by atoms with van der Waals surface area (Å²) in [6.45, 7) is 5.07. The Morgan fingerprint density at radius 2 is 1.97 bits per heavy atom. The van der Waals surface area contributed by atoms with Crippen molar-refractivity contribution in [1.82, 2.24) is 19.4 Å². The number of amides is 1. The van der Waals surface area contributed by atoms with Gasteiger partial charge < -0.3 is 23.8 Å². The zero-order valence-electron chi connectivity index (χ0n) is 17.2. The largest absolute Gasteiger partial charge is 0.491 e. The number of aromatic nitrogens is 2. The van der Waals surface area contributed by atoms with Gasteiger partial charge in [-0.15, -0.1) is 0 Å². The number of nitrogens with zero attached hydrogens (tertiary/aromatic N) is 4. The molecule has 0 bridgehead atoms. The SMILES string of the molecule is O=C1COC(COc2ccc(F)cc2)CN1C1CCN(CCCn2ccnc2)CC1. The van der Waals surface area contributed by atoms with Crippen LogP contribution in [0.25, 0.3) is 0 Å². The number of carbonyl (C=O) groups is 1. The predicted octanol–water partition coefficient (Wildman–Crippen LogP) is 2.18. The number of carbonyl (C=O) groups excluding carboxylic acids is 1. The minimum Gasteiger partial charge on any atom is -0.491 e. The maximum absolute atomic E-state index is 13.0. The fraction of sp³-hybridized carbons (Fsp3) is 0.545. The second kappa shape index (κ2) is 10.0. The Morgan fingerprint density at radius 3 is 2.70 bits per heavy atom. The van der Waals surface area contributed by atoms with Crippen molar-refractivity contribution in [2.24, 2.45) is 0 Å². The lowest BCUT2D eigenvalue weighted by atomic mass is 10.0. The van der Waals surface area contributed by atoms with E-state index < -0.39 is 0 Å². The first-order chi connectivity index (χ1) is 14.7. The van der Waals surface area contributed by atoms with Crippen molar-refractivity contribution < 1.29 is 18.7 Å². The number of hydrogen-bond donors (Lipinski definition) is 0. The van der Waals surface area contributed by atoms with E-state index >= 15 is 0 Å². The van der Waals surface area contributed by atoms with E-state index in [1.54, 1.807) is 12.1 Å². The summed E-state index contributed by atoms with van der Waals surface area (Å²) in [4.78, 5) is 21.0. The summed E-state index contributed by atoms with van der Waals surface area (Å²) in [5.41, 5.74) is 0. The van der Waals surface area contributed by atoms with Crippen LogP contribution in [0.2, 0.25) is 0 Å². The van der Waals surface area contributed by atoms with Crippen LogP contribution < -0.4 is 4.74 Å². The Labute approximate surface area is 176 Å². The minimum atomic E-state index is -0.291. The molecule has 7 nitrogen and oxygen atoms in total. The van der Waals surface area contributed by atoms with Gasteiger partial charge in [-0.2, -0.15) is 0 Å². The fourth-order valence-corrected chi connectivity index (χ4v) is 4.17. The molecule has 3 heterocycles. The second-order valence-electron chi connectivity index (χ2n) is 7.97. The fourth-order valence-electron chi connectivity index (χ4n) is 4.17. The molecule has 8 heteroatoms. The molecule has 4 rings (SSSR count). The van der Waals surface area contributed by atoms with Crippen LogP contribution in [0.1, 0.15) is 19.3 Å². The van der Waals surface area contributed by atoms with Crippen LogP contribution in [0.4, 0.5) is 4.39 Å². The molecule has 30 heavy (non-hydrogen) atoms. The first kappa shape index (κ1) is 20.8. The number of ether oxygens (including phenoxy) is 2. The summed E-state index contributed by atoms with van der Waals surface area (Å²) < 4.78 is 26.5. The maximum Gasteiger partial charge on any atom is 0.248 e. The van der Waals surface area contributed by atoms with E-state index in [4.69, 9.17) is 9.47 Å². The number of benzene rings is 1. The van der Waals surface area contributed by atoms with Crippen molar-refractivity contribution in [2.45, 2.75) is 38.0 Å². The van der Waals surface area contributed by atoms with Crippen molar-refractivity contribution in [1.29, 1.82) is 0 Å². The minimum absolute atomic E-state index is 0.0617. The summed E-state index contributed by atoms with van der Waals surface area (Å²) in [6, 6.07) is 6.21. The normalized spacial score (nSPS) is 21.2. The van der Waals surface area contributed by atoms with Gasteiger partial charge >= 0.3 is 0 Å². The summed E-state index contributed by atoms with van der Waals surface area (Å²) in [7, 11) is 0. The number of aryl methyl sites for hydroxylation is 1. The Bertz CT molecular complexity index is 791. The van der Waals surface area contributed by atoms with Gasteiger partial charge in [0.2, 0.25) is 5.91 Å². The Balaban J connectivity index is 1.20. The van der Waals surface area contributed by atoms with E-state index in [2.05, 4.69) is 14.5 Å². The highest BCUT2D eigenvalue weighted by atomic mass is 19.1. The van der Waals surface area contributed by atoms with E-state index in [0.29, 0.717) is 18.9 Å². The van der Waals surface area contributed by atoms with Crippen molar-refractivity contribution in [2.75, 3.05) is 39.4 Å². The van der Waals surface area contributed by atoms with Gasteiger partial charge in [0.25, 0.3) is 0 Å². The summed E-state index contributed by atoms with van der Waals surface area (Å²) >= 11 is 0. The number of hydrogen-bond acceptors (Lipinski definition) is 5. The number of morpholine rings is 1. The molecule has 0 aliphatic carbocycles. The molecule has 1 aromatic carbocycles. The highest BCUT2D eigenvalue weighted by molar-refractivity contribution is 5.78. The third kappa shape index (κ3) is 5.58. The van der Waals surface area contributed by atoms with Gasteiger partial charge in [-0.1, -0.05) is 0 Å². The molecule has 1 aromatic heterocycles. The van der Waals surface area contributed by atoms with E-state index in [-0.39, 0.29) is 30.5 Å². The summed E-state index contributed by atoms with van der Waals surface area (Å²) in [5, 5.41) is 0. The average Bonchev–Trinajstić information content (AvgIpc) is 3.28. The van der Waals surface area contributed by atoms with Crippen LogP contribution >= 0.6 is 0 Å². The molecular formula is C22H29FN4O3. The number of halogens is 1. The van der Waals surface area contributed by atoms with Gasteiger partial charge in [-0.3, -0.25) is 4.79 Å². The molecule has 0 radical (unpaired) electrons. The van der Waals surface area contributed by atoms with Gasteiger partial charge in [0, 0.05) is 38.1 Å². The van der Waals surface area contributed by atoms with Gasteiger partial charge in [0.15, 0.2) is 0 Å². The molecule has 0 spiro atoms. The van der Waals surface area contributed by atoms with E-state index in [9.17, 15) is 9.18 Å². The average molecular weight is 416 g/mol. The van der Waals surface area contributed by atoms with Crippen LogP contribution in [0.15, 0.2) is 43.0 Å². The predicted molar refractivity (Wildman–Crippen MR) is 110 cm³/mol. The van der Waals surface area contributed by atoms with Crippen LogP contribution in [-0.2, 0) is 16.1 Å². The third-order valence-electron chi connectivity index (χ3n) is 5.86. The summed E-state index contributed by atoms with van der Waals surface area (Å²) in [6.07, 6.45) is 8.56. The molecule has 0 saturated carbocycles. The smallest absolute Gasteiger partial charge is 0.248 e. The van der Waals surface area contributed by atoms with Gasteiger partial charge in [0.05, 0.1) is 12.9 Å². The maximum atomic E-state index is 13.0. The second-order valence-corrected chi connectivity index (χ2v) is 7.97. The molecular weight excluding hydrogens is 387 g/mol. The van der Waals surface area contributed by atoms with E-state index in [0.717, 1.165) is 45.4 Å². The first-order valence-electron chi connectivity index (χ1n) is 10.6. The van der Waals surface area contributed by atoms with Crippen molar-refractivity contribution in [3.8, 4) is 5.75 Å². The number of imidazole rings is 1. The van der Waals surface area contributed by atoms with Gasteiger partial charge in [0.1, 0.15) is 30.9 Å². The molecule has 0 N–H and O–H groups in total. The lowest BCUT2D eigenvalue weighted by Crippen LogP contribution is -2.55. The van der Waals surface area contributed by atoms with Gasteiger partial charge in [-0.05, 0) is 50.1 Å². The first-order valence-corrected chi connectivity index (χ1v) is 10.6. The highest BCUT2D eigenvalue weighted by Gasteiger charge is 2.33. The lowest BCUT2D eigenvalue weighted by molar-refractivity contribution is -0.155. The van der Waals surface area contributed by atoms with Gasteiger partial charge in [-0.25, -0.2) is 9.37 Å². The van der Waals surface area contributed by atoms with Crippen LogP contribution in [0.3, 0.4) is 0 Å². The monoisotopic (exact) mass is 416 g/mol. The van der Waals surface area contributed by atoms with E-state index in [1.807, 2.05) is 23.6 Å². The zero-order valence-corrected chi connectivity index (χ0v) is 17.2. The van der Waals surface area contributed by atoms with Crippen LogP contribution in [-0.4, -0.2) is 76.8 Å². The lowest BCUT2D eigenvalue weighted by Gasteiger charge is -2.42. The molecule has 2 aliphatic heterocycles. The topological polar surface area (TPSA) is 59.8 Å². The molecule has 2 saturated heterocycles. The summed E-state index contributed by atoms with van der Waals surface area (Å²) in [5.74, 6) is 0.375. The van der Waals surface area contributed by atoms with Crippen LogP contribution in [0, 0.1) is 5.82 Å².